The van der Waals surface area contributed by atoms with Crippen LogP contribution in [0.5, 0.6) is 11.5 Å². The molecule has 4 nitrogen and oxygen atoms in total. The van der Waals surface area contributed by atoms with Crippen LogP contribution in [0.3, 0.4) is 0 Å². The predicted molar refractivity (Wildman–Crippen MR) is 118 cm³/mol. The summed E-state index contributed by atoms with van der Waals surface area (Å²) in [5, 5.41) is 0. The molecule has 0 spiro atoms. The molecule has 0 aromatic heterocycles. The van der Waals surface area contributed by atoms with Gasteiger partial charge in [-0.2, -0.15) is 0 Å². The zero-order chi connectivity index (χ0) is 20.3. The van der Waals surface area contributed by atoms with Crippen molar-refractivity contribution >= 4 is 11.9 Å². The number of piperidine rings is 1. The number of allylic oxidation sites excluding steroid dienone is 1. The van der Waals surface area contributed by atoms with Gasteiger partial charge in [0.1, 0.15) is 0 Å². The average molecular weight is 394 g/mol. The molecule has 1 aliphatic heterocycles. The van der Waals surface area contributed by atoms with E-state index in [1.54, 1.807) is 19.3 Å². The van der Waals surface area contributed by atoms with E-state index in [9.17, 15) is 4.79 Å². The molecule has 1 aliphatic rings. The highest BCUT2D eigenvalue weighted by Crippen LogP contribution is 2.29. The van der Waals surface area contributed by atoms with Crippen LogP contribution in [-0.2, 0) is 0 Å². The number of benzene rings is 2. The van der Waals surface area contributed by atoms with Crippen LogP contribution < -0.4 is 9.47 Å². The van der Waals surface area contributed by atoms with Crippen molar-refractivity contribution in [3.63, 3.8) is 0 Å². The summed E-state index contributed by atoms with van der Waals surface area (Å²) in [5.74, 6) is 1.42. The van der Waals surface area contributed by atoms with E-state index in [4.69, 9.17) is 9.47 Å². The maximum Gasteiger partial charge on any atom is 0.185 e. The second kappa shape index (κ2) is 11.4. The first-order chi connectivity index (χ1) is 14.3. The van der Waals surface area contributed by atoms with Gasteiger partial charge in [-0.1, -0.05) is 48.9 Å². The first-order valence-corrected chi connectivity index (χ1v) is 10.6. The monoisotopic (exact) mass is 393 g/mol. The Morgan fingerprint density at radius 1 is 1.00 bits per heavy atom. The fraction of sp³-hybridized carbons (Fsp3) is 0.400. The molecule has 0 atom stereocenters. The molecule has 0 bridgehead atoms. The largest absolute Gasteiger partial charge is 0.493 e. The number of likely N-dealkylation sites (tertiary alicyclic amines) is 1. The van der Waals surface area contributed by atoms with Crippen LogP contribution in [0.25, 0.3) is 6.08 Å². The first-order valence-electron chi connectivity index (χ1n) is 10.6. The van der Waals surface area contributed by atoms with Crippen molar-refractivity contribution in [3.05, 3.63) is 65.7 Å². The Kier molecular flexibility index (Phi) is 8.32. The second-order valence-corrected chi connectivity index (χ2v) is 7.43. The van der Waals surface area contributed by atoms with Gasteiger partial charge in [0.2, 0.25) is 0 Å². The minimum Gasteiger partial charge on any atom is -0.493 e. The number of ether oxygens (including phenoxy) is 2. The smallest absolute Gasteiger partial charge is 0.185 e. The summed E-state index contributed by atoms with van der Waals surface area (Å²) >= 11 is 0. The molecule has 0 radical (unpaired) electrons. The number of nitrogens with zero attached hydrogens (tertiary/aromatic N) is 1. The van der Waals surface area contributed by atoms with Gasteiger partial charge in [0.05, 0.1) is 13.7 Å². The van der Waals surface area contributed by atoms with Crippen LogP contribution in [0, 0.1) is 0 Å². The van der Waals surface area contributed by atoms with E-state index in [0.29, 0.717) is 17.9 Å². The number of rotatable bonds is 10. The summed E-state index contributed by atoms with van der Waals surface area (Å²) in [7, 11) is 1.64. The van der Waals surface area contributed by atoms with Crippen LogP contribution >= 0.6 is 0 Å². The molecule has 154 valence electrons. The summed E-state index contributed by atoms with van der Waals surface area (Å²) in [6, 6.07) is 15.0. The molecule has 2 aromatic carbocycles. The third kappa shape index (κ3) is 6.75. The number of hydrogen-bond donors (Lipinski definition) is 0. The van der Waals surface area contributed by atoms with Gasteiger partial charge in [-0.25, -0.2) is 0 Å². The van der Waals surface area contributed by atoms with Gasteiger partial charge in [-0.3, -0.25) is 4.79 Å². The Balaban J connectivity index is 1.48. The van der Waals surface area contributed by atoms with E-state index in [-0.39, 0.29) is 5.78 Å². The van der Waals surface area contributed by atoms with E-state index in [0.717, 1.165) is 24.2 Å². The molecule has 2 aromatic rings. The van der Waals surface area contributed by atoms with Crippen molar-refractivity contribution in [2.75, 3.05) is 33.4 Å². The van der Waals surface area contributed by atoms with Gasteiger partial charge in [0.15, 0.2) is 17.3 Å². The number of unbranched alkanes of at least 4 members (excludes halogenated alkanes) is 1. The highest BCUT2D eigenvalue weighted by Gasteiger charge is 2.09. The molecule has 0 amide bonds. The molecule has 29 heavy (non-hydrogen) atoms. The summed E-state index contributed by atoms with van der Waals surface area (Å²) in [5.41, 5.74) is 1.59. The topological polar surface area (TPSA) is 38.8 Å². The third-order valence-corrected chi connectivity index (χ3v) is 5.25. The normalized spacial score (nSPS) is 14.8. The molecule has 0 N–H and O–H groups in total. The highest BCUT2D eigenvalue weighted by molar-refractivity contribution is 6.06. The van der Waals surface area contributed by atoms with Gasteiger partial charge in [-0.15, -0.1) is 0 Å². The summed E-state index contributed by atoms with van der Waals surface area (Å²) in [6.45, 7) is 4.35. The van der Waals surface area contributed by atoms with E-state index < -0.39 is 0 Å². The average Bonchev–Trinajstić information content (AvgIpc) is 2.79. The Labute approximate surface area is 174 Å². The first kappa shape index (κ1) is 21.1. The molecule has 3 rings (SSSR count). The van der Waals surface area contributed by atoms with Gasteiger partial charge in [-0.05, 0) is 69.1 Å². The highest BCUT2D eigenvalue weighted by atomic mass is 16.5. The van der Waals surface area contributed by atoms with Gasteiger partial charge in [0.25, 0.3) is 0 Å². The number of hydrogen-bond acceptors (Lipinski definition) is 4. The molecular formula is C25H31NO3. The van der Waals surface area contributed by atoms with Gasteiger partial charge >= 0.3 is 0 Å². The lowest BCUT2D eigenvalue weighted by atomic mass is 10.1. The van der Waals surface area contributed by atoms with E-state index in [1.165, 1.54) is 38.9 Å². The summed E-state index contributed by atoms with van der Waals surface area (Å²) in [6.07, 6.45) is 9.64. The lowest BCUT2D eigenvalue weighted by Crippen LogP contribution is -2.30. The maximum atomic E-state index is 12.2. The van der Waals surface area contributed by atoms with Crippen LogP contribution in [-0.4, -0.2) is 44.0 Å². The molecule has 0 aliphatic carbocycles. The van der Waals surface area contributed by atoms with Crippen LogP contribution in [0.4, 0.5) is 0 Å². The van der Waals surface area contributed by atoms with Crippen molar-refractivity contribution in [2.24, 2.45) is 0 Å². The van der Waals surface area contributed by atoms with Crippen molar-refractivity contribution in [1.82, 2.24) is 4.90 Å². The van der Waals surface area contributed by atoms with Crippen LogP contribution in [0.2, 0.25) is 0 Å². The molecule has 1 fully saturated rings. The number of carbonyl (C=O) groups excluding carboxylic acids is 1. The summed E-state index contributed by atoms with van der Waals surface area (Å²) in [4.78, 5) is 14.8. The molecule has 1 heterocycles. The van der Waals surface area contributed by atoms with Gasteiger partial charge < -0.3 is 14.4 Å². The lowest BCUT2D eigenvalue weighted by Gasteiger charge is -2.26. The molecular weight excluding hydrogens is 362 g/mol. The molecule has 0 unspecified atom stereocenters. The van der Waals surface area contributed by atoms with Crippen LogP contribution in [0.15, 0.2) is 54.6 Å². The standard InChI is InChI=1S/C25H31NO3/c1-28-25-20-21(12-14-23(27)22-10-4-2-5-11-22)13-15-24(25)29-19-9-8-18-26-16-6-3-7-17-26/h2,4-5,10-15,20H,3,6-9,16-19H2,1H3/b14-12+. The van der Waals surface area contributed by atoms with Crippen molar-refractivity contribution in [1.29, 1.82) is 0 Å². The number of carbonyl (C=O) groups is 1. The maximum absolute atomic E-state index is 12.2. The lowest BCUT2D eigenvalue weighted by molar-refractivity contribution is 0.104. The Hall–Kier alpha value is -2.59. The van der Waals surface area contributed by atoms with E-state index >= 15 is 0 Å². The quantitative estimate of drug-likeness (QED) is 0.314. The fourth-order valence-electron chi connectivity index (χ4n) is 3.58. The van der Waals surface area contributed by atoms with Crippen molar-refractivity contribution in [2.45, 2.75) is 32.1 Å². The van der Waals surface area contributed by atoms with Gasteiger partial charge in [0, 0.05) is 5.56 Å². The molecule has 4 heteroatoms. The van der Waals surface area contributed by atoms with Crippen LogP contribution in [0.1, 0.15) is 48.0 Å². The zero-order valence-electron chi connectivity index (χ0n) is 17.3. The fourth-order valence-corrected chi connectivity index (χ4v) is 3.58. The Morgan fingerprint density at radius 3 is 2.55 bits per heavy atom. The SMILES string of the molecule is COc1cc(/C=C/C(=O)c2ccccc2)ccc1OCCCCN1CCCCC1. The van der Waals surface area contributed by atoms with E-state index in [2.05, 4.69) is 4.90 Å². The summed E-state index contributed by atoms with van der Waals surface area (Å²) < 4.78 is 11.4. The Morgan fingerprint density at radius 2 is 1.79 bits per heavy atom. The number of methoxy groups -OCH3 is 1. The third-order valence-electron chi connectivity index (χ3n) is 5.25. The molecule has 0 saturated carbocycles. The second-order valence-electron chi connectivity index (χ2n) is 7.43. The van der Waals surface area contributed by atoms with E-state index in [1.807, 2.05) is 48.5 Å². The minimum atomic E-state index is -0.0152. The van der Waals surface area contributed by atoms with Crippen molar-refractivity contribution in [3.8, 4) is 11.5 Å². The van der Waals surface area contributed by atoms with Crippen molar-refractivity contribution < 1.29 is 14.3 Å². The zero-order valence-corrected chi connectivity index (χ0v) is 17.3. The molecule has 1 saturated heterocycles. The number of ketones is 1. The predicted octanol–water partition coefficient (Wildman–Crippen LogP) is 5.24. The Bertz CT molecular complexity index is 795. The minimum absolute atomic E-state index is 0.0152.